The third kappa shape index (κ3) is 3.72. The summed E-state index contributed by atoms with van der Waals surface area (Å²) in [7, 11) is 1.54. The van der Waals surface area contributed by atoms with Crippen LogP contribution in [0.1, 0.15) is 17.6 Å². The van der Waals surface area contributed by atoms with Crippen LogP contribution in [0.25, 0.3) is 28.0 Å². The van der Waals surface area contributed by atoms with Crippen molar-refractivity contribution in [2.24, 2.45) is 0 Å². The topological polar surface area (TPSA) is 114 Å². The van der Waals surface area contributed by atoms with Crippen molar-refractivity contribution in [3.05, 3.63) is 48.3 Å². The predicted molar refractivity (Wildman–Crippen MR) is 119 cm³/mol. The number of nitrogens with one attached hydrogen (secondary N) is 1. The van der Waals surface area contributed by atoms with E-state index in [9.17, 15) is 5.11 Å². The zero-order valence-electron chi connectivity index (χ0n) is 18.0. The lowest BCUT2D eigenvalue weighted by molar-refractivity contribution is 0.0422. The standard InChI is InChI=1S/C22H25N7O3/c1-14-9-18(16-12-24-17-3-4-23-11-15(16)17)27-29(14)21-10-20(28-5-7-32-8-6-28)25-22(26-21)19(13-30)31-2/h3-4,9-12,19,24,30H,5-8,13H2,1-2H3/t19-/m0/s1. The number of anilines is 1. The fraction of sp³-hybridized carbons (Fsp3) is 0.364. The summed E-state index contributed by atoms with van der Waals surface area (Å²) in [5.41, 5.74) is 3.73. The van der Waals surface area contributed by atoms with E-state index in [2.05, 4.69) is 24.8 Å². The maximum atomic E-state index is 9.76. The molecule has 32 heavy (non-hydrogen) atoms. The van der Waals surface area contributed by atoms with Crippen molar-refractivity contribution in [3.63, 3.8) is 0 Å². The zero-order chi connectivity index (χ0) is 22.1. The number of nitrogens with zero attached hydrogens (tertiary/aromatic N) is 6. The molecule has 1 fully saturated rings. The highest BCUT2D eigenvalue weighted by atomic mass is 16.5. The minimum atomic E-state index is -0.621. The van der Waals surface area contributed by atoms with E-state index in [0.29, 0.717) is 24.9 Å². The molecule has 1 aliphatic heterocycles. The van der Waals surface area contributed by atoms with Crippen LogP contribution in [0.5, 0.6) is 0 Å². The molecule has 0 unspecified atom stereocenters. The number of rotatable bonds is 6. The van der Waals surface area contributed by atoms with Gasteiger partial charge in [-0.15, -0.1) is 0 Å². The summed E-state index contributed by atoms with van der Waals surface area (Å²) < 4.78 is 12.7. The molecule has 4 aromatic rings. The first-order valence-corrected chi connectivity index (χ1v) is 10.5. The van der Waals surface area contributed by atoms with Gasteiger partial charge in [-0.05, 0) is 19.1 Å². The molecule has 0 spiro atoms. The quantitative estimate of drug-likeness (QED) is 0.473. The number of aryl methyl sites for hydroxylation is 1. The molecule has 0 bridgehead atoms. The molecular formula is C22H25N7O3. The fourth-order valence-electron chi connectivity index (χ4n) is 3.92. The normalized spacial score (nSPS) is 15.4. The van der Waals surface area contributed by atoms with E-state index in [1.54, 1.807) is 10.9 Å². The van der Waals surface area contributed by atoms with E-state index in [0.717, 1.165) is 46.8 Å². The Labute approximate surface area is 184 Å². The molecule has 2 N–H and O–H groups in total. The number of fused-ring (bicyclic) bond motifs is 1. The lowest BCUT2D eigenvalue weighted by Crippen LogP contribution is -2.37. The van der Waals surface area contributed by atoms with Gasteiger partial charge in [0.1, 0.15) is 11.9 Å². The molecule has 0 amide bonds. The van der Waals surface area contributed by atoms with Crippen LogP contribution in [-0.2, 0) is 9.47 Å². The molecule has 166 valence electrons. The number of aliphatic hydroxyl groups is 1. The Kier molecular flexibility index (Phi) is 5.56. The Morgan fingerprint density at radius 2 is 2.03 bits per heavy atom. The Morgan fingerprint density at radius 3 is 2.81 bits per heavy atom. The van der Waals surface area contributed by atoms with Crippen LogP contribution in [0.3, 0.4) is 0 Å². The summed E-state index contributed by atoms with van der Waals surface area (Å²) in [5.74, 6) is 1.80. The number of aromatic nitrogens is 6. The molecule has 10 heteroatoms. The molecule has 0 radical (unpaired) electrons. The molecule has 4 aromatic heterocycles. The number of hydrogen-bond acceptors (Lipinski definition) is 8. The Hall–Kier alpha value is -3.34. The molecule has 5 rings (SSSR count). The summed E-state index contributed by atoms with van der Waals surface area (Å²) in [6.45, 7) is 4.52. The van der Waals surface area contributed by atoms with Gasteiger partial charge in [0.25, 0.3) is 0 Å². The summed E-state index contributed by atoms with van der Waals surface area (Å²) in [4.78, 5) is 19.0. The van der Waals surface area contributed by atoms with Crippen LogP contribution < -0.4 is 4.90 Å². The number of aromatic amines is 1. The van der Waals surface area contributed by atoms with Crippen LogP contribution in [-0.4, -0.2) is 74.8 Å². The van der Waals surface area contributed by atoms with Crippen molar-refractivity contribution in [2.45, 2.75) is 13.0 Å². The molecule has 1 atom stereocenters. The van der Waals surface area contributed by atoms with Crippen LogP contribution in [0.15, 0.2) is 36.8 Å². The largest absolute Gasteiger partial charge is 0.393 e. The fourth-order valence-corrected chi connectivity index (χ4v) is 3.92. The SMILES string of the molecule is CO[C@@H](CO)c1nc(N2CCOCC2)cc(-n2nc(-c3c[nH]c4ccncc34)cc2C)n1. The number of pyridine rings is 1. The van der Waals surface area contributed by atoms with E-state index in [1.165, 1.54) is 7.11 Å². The third-order valence-electron chi connectivity index (χ3n) is 5.65. The monoisotopic (exact) mass is 435 g/mol. The molecule has 0 aromatic carbocycles. The van der Waals surface area contributed by atoms with Crippen molar-refractivity contribution in [1.29, 1.82) is 0 Å². The first-order valence-electron chi connectivity index (χ1n) is 10.5. The smallest absolute Gasteiger partial charge is 0.164 e. The van der Waals surface area contributed by atoms with E-state index in [4.69, 9.17) is 14.6 Å². The first kappa shape index (κ1) is 20.6. The highest BCUT2D eigenvalue weighted by Gasteiger charge is 2.21. The second-order valence-electron chi connectivity index (χ2n) is 7.66. The maximum absolute atomic E-state index is 9.76. The van der Waals surface area contributed by atoms with Crippen molar-refractivity contribution >= 4 is 16.7 Å². The predicted octanol–water partition coefficient (Wildman–Crippen LogP) is 2.03. The van der Waals surface area contributed by atoms with Gasteiger partial charge in [0, 0.05) is 67.0 Å². The minimum absolute atomic E-state index is 0.214. The molecule has 0 aliphatic carbocycles. The summed E-state index contributed by atoms with van der Waals surface area (Å²) in [6.07, 6.45) is 4.91. The summed E-state index contributed by atoms with van der Waals surface area (Å²) in [5, 5.41) is 15.6. The summed E-state index contributed by atoms with van der Waals surface area (Å²) in [6, 6.07) is 5.87. The van der Waals surface area contributed by atoms with Crippen molar-refractivity contribution in [1.82, 2.24) is 29.7 Å². The molecule has 10 nitrogen and oxygen atoms in total. The molecule has 0 saturated carbocycles. The van der Waals surface area contributed by atoms with Crippen LogP contribution in [0.4, 0.5) is 5.82 Å². The van der Waals surface area contributed by atoms with E-state index >= 15 is 0 Å². The number of aliphatic hydroxyl groups excluding tert-OH is 1. The minimum Gasteiger partial charge on any atom is -0.393 e. The van der Waals surface area contributed by atoms with E-state index in [-0.39, 0.29) is 6.61 Å². The van der Waals surface area contributed by atoms with Gasteiger partial charge < -0.3 is 24.5 Å². The second kappa shape index (κ2) is 8.65. The Bertz CT molecular complexity index is 1230. The van der Waals surface area contributed by atoms with Gasteiger partial charge in [-0.3, -0.25) is 4.98 Å². The van der Waals surface area contributed by atoms with Gasteiger partial charge in [-0.1, -0.05) is 0 Å². The second-order valence-corrected chi connectivity index (χ2v) is 7.66. The van der Waals surface area contributed by atoms with Gasteiger partial charge in [0.2, 0.25) is 0 Å². The molecule has 1 aliphatic rings. The van der Waals surface area contributed by atoms with Gasteiger partial charge in [0.05, 0.1) is 25.5 Å². The van der Waals surface area contributed by atoms with Crippen LogP contribution >= 0.6 is 0 Å². The number of methoxy groups -OCH3 is 1. The van der Waals surface area contributed by atoms with Crippen molar-refractivity contribution in [2.75, 3.05) is 44.9 Å². The Morgan fingerprint density at radius 1 is 1.22 bits per heavy atom. The lowest BCUT2D eigenvalue weighted by atomic mass is 10.1. The average Bonchev–Trinajstić information content (AvgIpc) is 3.44. The highest BCUT2D eigenvalue weighted by molar-refractivity contribution is 5.93. The summed E-state index contributed by atoms with van der Waals surface area (Å²) >= 11 is 0. The third-order valence-corrected chi connectivity index (χ3v) is 5.65. The van der Waals surface area contributed by atoms with Crippen molar-refractivity contribution in [3.8, 4) is 17.1 Å². The zero-order valence-corrected chi connectivity index (χ0v) is 18.0. The van der Waals surface area contributed by atoms with Gasteiger partial charge >= 0.3 is 0 Å². The van der Waals surface area contributed by atoms with E-state index in [1.807, 2.05) is 37.5 Å². The van der Waals surface area contributed by atoms with Crippen molar-refractivity contribution < 1.29 is 14.6 Å². The average molecular weight is 435 g/mol. The molecule has 1 saturated heterocycles. The molecule has 5 heterocycles. The lowest BCUT2D eigenvalue weighted by Gasteiger charge is -2.28. The number of ether oxygens (including phenoxy) is 2. The maximum Gasteiger partial charge on any atom is 0.164 e. The van der Waals surface area contributed by atoms with Gasteiger partial charge in [-0.2, -0.15) is 5.10 Å². The van der Waals surface area contributed by atoms with Gasteiger partial charge in [0.15, 0.2) is 11.6 Å². The number of H-pyrrole nitrogens is 1. The highest BCUT2D eigenvalue weighted by Crippen LogP contribution is 2.29. The van der Waals surface area contributed by atoms with E-state index < -0.39 is 6.10 Å². The van der Waals surface area contributed by atoms with Crippen LogP contribution in [0, 0.1) is 6.92 Å². The Balaban J connectivity index is 1.60. The first-order chi connectivity index (χ1) is 15.7. The molecular weight excluding hydrogens is 410 g/mol. The van der Waals surface area contributed by atoms with Gasteiger partial charge in [-0.25, -0.2) is 14.6 Å². The number of morpholine rings is 1. The van der Waals surface area contributed by atoms with Crippen LogP contribution in [0.2, 0.25) is 0 Å². The number of hydrogen-bond donors (Lipinski definition) is 2.